The molecule has 2 aromatic heterocycles. The topological polar surface area (TPSA) is 76.6 Å². The first-order chi connectivity index (χ1) is 7.68. The van der Waals surface area contributed by atoms with Crippen LogP contribution >= 0.6 is 0 Å². The molecule has 2 heterocycles. The van der Waals surface area contributed by atoms with Crippen molar-refractivity contribution in [3.63, 3.8) is 0 Å². The Labute approximate surface area is 90.1 Å². The second-order valence-electron chi connectivity index (χ2n) is 3.13. The van der Waals surface area contributed by atoms with E-state index in [4.69, 9.17) is 5.11 Å². The summed E-state index contributed by atoms with van der Waals surface area (Å²) in [7, 11) is 0. The van der Waals surface area contributed by atoms with E-state index in [9.17, 15) is 9.59 Å². The molecule has 0 unspecified atom stereocenters. The summed E-state index contributed by atoms with van der Waals surface area (Å²) in [5.74, 6) is -1.04. The molecule has 0 spiro atoms. The van der Waals surface area contributed by atoms with Crippen LogP contribution in [-0.4, -0.2) is 25.3 Å². The summed E-state index contributed by atoms with van der Waals surface area (Å²) < 4.78 is 2.60. The zero-order chi connectivity index (χ0) is 11.5. The van der Waals surface area contributed by atoms with Gasteiger partial charge < -0.3 is 5.11 Å². The molecule has 0 radical (unpaired) electrons. The Bertz CT molecular complexity index is 609. The van der Waals surface area contributed by atoms with Gasteiger partial charge in [0.15, 0.2) is 5.65 Å². The third-order valence-corrected chi connectivity index (χ3v) is 2.03. The van der Waals surface area contributed by atoms with Crippen LogP contribution in [0.4, 0.5) is 0 Å². The number of aromatic nitrogens is 3. The Morgan fingerprint density at radius 3 is 3.00 bits per heavy atom. The monoisotopic (exact) mass is 219 g/mol. The maximum absolute atomic E-state index is 11.7. The Morgan fingerprint density at radius 1 is 1.50 bits per heavy atom. The lowest BCUT2D eigenvalue weighted by atomic mass is 10.5. The van der Waals surface area contributed by atoms with Gasteiger partial charge in [-0.3, -0.25) is 4.40 Å². The molecule has 0 fully saturated rings. The summed E-state index contributed by atoms with van der Waals surface area (Å²) in [5.41, 5.74) is 0.252. The average Bonchev–Trinajstić information content (AvgIpc) is 2.56. The fraction of sp³-hybridized carbons (Fsp3) is 0.100. The Kier molecular flexibility index (Phi) is 2.55. The van der Waals surface area contributed by atoms with Crippen LogP contribution in [-0.2, 0) is 11.3 Å². The van der Waals surface area contributed by atoms with Gasteiger partial charge in [0.1, 0.15) is 0 Å². The van der Waals surface area contributed by atoms with Gasteiger partial charge in [0.05, 0.1) is 6.54 Å². The fourth-order valence-corrected chi connectivity index (χ4v) is 1.34. The van der Waals surface area contributed by atoms with Crippen LogP contribution in [0.1, 0.15) is 0 Å². The molecular formula is C10H9N3O3. The van der Waals surface area contributed by atoms with Crippen LogP contribution in [0.25, 0.3) is 5.65 Å². The summed E-state index contributed by atoms with van der Waals surface area (Å²) in [6.45, 7) is 0.146. The SMILES string of the molecule is O=C(O)/C=C/Cn1nc2ccccn2c1=O. The molecule has 1 N–H and O–H groups in total. The third-order valence-electron chi connectivity index (χ3n) is 2.03. The number of fused-ring (bicyclic) bond motifs is 1. The molecule has 2 rings (SSSR count). The maximum atomic E-state index is 11.7. The molecule has 0 amide bonds. The highest BCUT2D eigenvalue weighted by Crippen LogP contribution is 1.94. The van der Waals surface area contributed by atoms with Gasteiger partial charge in [0, 0.05) is 12.3 Å². The number of hydrogen-bond acceptors (Lipinski definition) is 3. The van der Waals surface area contributed by atoms with E-state index >= 15 is 0 Å². The van der Waals surface area contributed by atoms with Crippen LogP contribution in [0.5, 0.6) is 0 Å². The quantitative estimate of drug-likeness (QED) is 0.745. The lowest BCUT2D eigenvalue weighted by Gasteiger charge is -1.89. The predicted octanol–water partition coefficient (Wildman–Crippen LogP) is 0.137. The van der Waals surface area contributed by atoms with Crippen LogP contribution in [0, 0.1) is 0 Å². The van der Waals surface area contributed by atoms with Crippen molar-refractivity contribution in [2.45, 2.75) is 6.54 Å². The second-order valence-corrected chi connectivity index (χ2v) is 3.13. The second kappa shape index (κ2) is 4.01. The molecule has 0 saturated carbocycles. The molecule has 82 valence electrons. The highest BCUT2D eigenvalue weighted by molar-refractivity contribution is 5.79. The molecule has 6 heteroatoms. The molecular weight excluding hydrogens is 210 g/mol. The Morgan fingerprint density at radius 2 is 2.31 bits per heavy atom. The van der Waals surface area contributed by atoms with Gasteiger partial charge in [-0.05, 0) is 12.1 Å². The number of hydrogen-bond donors (Lipinski definition) is 1. The number of nitrogens with zero attached hydrogens (tertiary/aromatic N) is 3. The summed E-state index contributed by atoms with van der Waals surface area (Å²) in [6, 6.07) is 5.21. The molecule has 6 nitrogen and oxygen atoms in total. The Hall–Kier alpha value is -2.37. The maximum Gasteiger partial charge on any atom is 0.350 e. The number of aliphatic carboxylic acids is 1. The number of pyridine rings is 1. The first-order valence-electron chi connectivity index (χ1n) is 4.62. The lowest BCUT2D eigenvalue weighted by molar-refractivity contribution is -0.131. The smallest absolute Gasteiger partial charge is 0.350 e. The van der Waals surface area contributed by atoms with Crippen LogP contribution < -0.4 is 5.69 Å². The molecule has 2 aromatic rings. The summed E-state index contributed by atoms with van der Waals surface area (Å²) in [5, 5.41) is 12.4. The van der Waals surface area contributed by atoms with Crippen molar-refractivity contribution in [3.8, 4) is 0 Å². The van der Waals surface area contributed by atoms with Gasteiger partial charge >= 0.3 is 11.7 Å². The highest BCUT2D eigenvalue weighted by atomic mass is 16.4. The van der Waals surface area contributed by atoms with E-state index in [-0.39, 0.29) is 12.2 Å². The van der Waals surface area contributed by atoms with Crippen molar-refractivity contribution in [3.05, 3.63) is 47.0 Å². The Balaban J connectivity index is 2.35. The van der Waals surface area contributed by atoms with Gasteiger partial charge in [-0.2, -0.15) is 0 Å². The van der Waals surface area contributed by atoms with E-state index in [1.165, 1.54) is 15.2 Å². The molecule has 0 aliphatic heterocycles. The van der Waals surface area contributed by atoms with E-state index in [1.807, 2.05) is 0 Å². The minimum absolute atomic E-state index is 0.146. The van der Waals surface area contributed by atoms with E-state index in [1.54, 1.807) is 24.4 Å². The van der Waals surface area contributed by atoms with Crippen molar-refractivity contribution in [2.24, 2.45) is 0 Å². The van der Waals surface area contributed by atoms with Gasteiger partial charge in [-0.1, -0.05) is 12.1 Å². The van der Waals surface area contributed by atoms with Crippen molar-refractivity contribution in [1.82, 2.24) is 14.2 Å². The average molecular weight is 219 g/mol. The number of carboxylic acids is 1. The number of allylic oxidation sites excluding steroid dienone is 1. The summed E-state index contributed by atoms with van der Waals surface area (Å²) in [6.07, 6.45) is 3.97. The van der Waals surface area contributed by atoms with Crippen LogP contribution in [0.2, 0.25) is 0 Å². The standard InChI is InChI=1S/C10H9N3O3/c14-9(15)5-3-7-13-10(16)12-6-2-1-4-8(12)11-13/h1-6H,7H2,(H,14,15)/b5-3+. The molecule has 0 aliphatic rings. The van der Waals surface area contributed by atoms with Crippen molar-refractivity contribution in [2.75, 3.05) is 0 Å². The molecule has 16 heavy (non-hydrogen) atoms. The number of carbonyl (C=O) groups is 1. The van der Waals surface area contributed by atoms with E-state index in [0.29, 0.717) is 5.65 Å². The molecule has 0 aliphatic carbocycles. The molecule has 0 aromatic carbocycles. The third kappa shape index (κ3) is 1.85. The van der Waals surface area contributed by atoms with Crippen LogP contribution in [0.15, 0.2) is 41.3 Å². The first kappa shape index (κ1) is 10.2. The van der Waals surface area contributed by atoms with E-state index in [2.05, 4.69) is 5.10 Å². The van der Waals surface area contributed by atoms with Crippen molar-refractivity contribution in [1.29, 1.82) is 0 Å². The minimum Gasteiger partial charge on any atom is -0.478 e. The lowest BCUT2D eigenvalue weighted by Crippen LogP contribution is -2.20. The zero-order valence-electron chi connectivity index (χ0n) is 8.28. The van der Waals surface area contributed by atoms with Gasteiger partial charge in [-0.25, -0.2) is 14.3 Å². The van der Waals surface area contributed by atoms with E-state index < -0.39 is 5.97 Å². The molecule has 0 bridgehead atoms. The molecule has 0 atom stereocenters. The zero-order valence-corrected chi connectivity index (χ0v) is 8.28. The van der Waals surface area contributed by atoms with Gasteiger partial charge in [0.25, 0.3) is 0 Å². The van der Waals surface area contributed by atoms with Gasteiger partial charge in [0.2, 0.25) is 0 Å². The normalized spacial score (nSPS) is 11.2. The number of carboxylic acid groups (broad SMARTS) is 1. The molecule has 0 saturated heterocycles. The summed E-state index contributed by atoms with van der Waals surface area (Å²) >= 11 is 0. The predicted molar refractivity (Wildman–Crippen MR) is 56.2 cm³/mol. The highest BCUT2D eigenvalue weighted by Gasteiger charge is 2.03. The van der Waals surface area contributed by atoms with Gasteiger partial charge in [-0.15, -0.1) is 5.10 Å². The summed E-state index contributed by atoms with van der Waals surface area (Å²) in [4.78, 5) is 21.9. The van der Waals surface area contributed by atoms with E-state index in [0.717, 1.165) is 6.08 Å². The fourth-order valence-electron chi connectivity index (χ4n) is 1.34. The first-order valence-corrected chi connectivity index (χ1v) is 4.62. The van der Waals surface area contributed by atoms with Crippen molar-refractivity contribution >= 4 is 11.6 Å². The van der Waals surface area contributed by atoms with Crippen molar-refractivity contribution < 1.29 is 9.90 Å². The largest absolute Gasteiger partial charge is 0.478 e. The number of rotatable bonds is 3. The minimum atomic E-state index is -1.04. The van der Waals surface area contributed by atoms with Crippen LogP contribution in [0.3, 0.4) is 0 Å².